The number of amides is 2. The minimum Gasteiger partial charge on any atom is -0.335 e. The van der Waals surface area contributed by atoms with Gasteiger partial charge in [-0.15, -0.1) is 0 Å². The number of carbonyl (C=O) groups excluding carboxylic acids is 2. The molecule has 0 spiro atoms. The standard InChI is InChI=1S/C15H19N3O4S/c1-10-3-4-16-7-12(10)15(20)18-6-5-17(11(2)19)13-8-23(21,22)9-14(13)18/h3-4,7,13-14H,5-6,8-9H2,1-2H3/t13-,14+/m0/s1. The van der Waals surface area contributed by atoms with E-state index in [1.54, 1.807) is 22.1 Å². The van der Waals surface area contributed by atoms with E-state index in [0.29, 0.717) is 18.7 Å². The first kappa shape index (κ1) is 15.9. The van der Waals surface area contributed by atoms with Gasteiger partial charge in [0.05, 0.1) is 29.2 Å². The smallest absolute Gasteiger partial charge is 0.256 e. The highest BCUT2D eigenvalue weighted by Crippen LogP contribution is 2.28. The molecule has 2 aliphatic heterocycles. The Morgan fingerprint density at radius 3 is 2.39 bits per heavy atom. The summed E-state index contributed by atoms with van der Waals surface area (Å²) in [5.74, 6) is -0.535. The summed E-state index contributed by atoms with van der Waals surface area (Å²) in [5.41, 5.74) is 1.28. The number of hydrogen-bond acceptors (Lipinski definition) is 5. The van der Waals surface area contributed by atoms with Crippen molar-refractivity contribution in [3.63, 3.8) is 0 Å². The molecule has 124 valence electrons. The highest BCUT2D eigenvalue weighted by atomic mass is 32.2. The Balaban J connectivity index is 1.94. The zero-order chi connectivity index (χ0) is 16.8. The number of sulfone groups is 1. The molecule has 0 unspecified atom stereocenters. The van der Waals surface area contributed by atoms with Crippen LogP contribution in [0.1, 0.15) is 22.8 Å². The molecule has 0 radical (unpaired) electrons. The molecule has 0 aromatic carbocycles. The van der Waals surface area contributed by atoms with Crippen LogP contribution in [0, 0.1) is 6.92 Å². The monoisotopic (exact) mass is 337 g/mol. The van der Waals surface area contributed by atoms with Gasteiger partial charge >= 0.3 is 0 Å². The van der Waals surface area contributed by atoms with Gasteiger partial charge in [-0.2, -0.15) is 0 Å². The van der Waals surface area contributed by atoms with Gasteiger partial charge in [0.1, 0.15) is 0 Å². The Morgan fingerprint density at radius 1 is 1.17 bits per heavy atom. The third kappa shape index (κ3) is 2.83. The quantitative estimate of drug-likeness (QED) is 0.712. The summed E-state index contributed by atoms with van der Waals surface area (Å²) in [7, 11) is -3.26. The summed E-state index contributed by atoms with van der Waals surface area (Å²) in [6.45, 7) is 3.95. The van der Waals surface area contributed by atoms with Gasteiger partial charge in [0.25, 0.3) is 5.91 Å². The van der Waals surface area contributed by atoms with Crippen LogP contribution in [0.25, 0.3) is 0 Å². The molecule has 0 saturated carbocycles. The van der Waals surface area contributed by atoms with Crippen LogP contribution >= 0.6 is 0 Å². The number of pyridine rings is 1. The molecule has 8 heteroatoms. The Kier molecular flexibility index (Phi) is 3.87. The van der Waals surface area contributed by atoms with Gasteiger partial charge in [0.15, 0.2) is 9.84 Å². The first-order valence-corrected chi connectivity index (χ1v) is 9.31. The summed E-state index contributed by atoms with van der Waals surface area (Å²) in [6, 6.07) is 0.819. The summed E-state index contributed by atoms with van der Waals surface area (Å²) in [6.07, 6.45) is 3.12. The van der Waals surface area contributed by atoms with Crippen LogP contribution in [0.2, 0.25) is 0 Å². The maximum absolute atomic E-state index is 12.8. The summed E-state index contributed by atoms with van der Waals surface area (Å²) >= 11 is 0. The normalized spacial score (nSPS) is 26.0. The maximum Gasteiger partial charge on any atom is 0.256 e. The average Bonchev–Trinajstić information content (AvgIpc) is 2.80. The van der Waals surface area contributed by atoms with Crippen molar-refractivity contribution in [1.29, 1.82) is 0 Å². The fourth-order valence-corrected chi connectivity index (χ4v) is 5.42. The lowest BCUT2D eigenvalue weighted by Crippen LogP contribution is -2.61. The van der Waals surface area contributed by atoms with E-state index in [-0.39, 0.29) is 23.3 Å². The van der Waals surface area contributed by atoms with Crippen molar-refractivity contribution < 1.29 is 18.0 Å². The Labute approximate surface area is 135 Å². The van der Waals surface area contributed by atoms with Gasteiger partial charge < -0.3 is 9.80 Å². The van der Waals surface area contributed by atoms with Gasteiger partial charge in [0, 0.05) is 32.4 Å². The molecule has 0 N–H and O–H groups in total. The number of carbonyl (C=O) groups is 2. The van der Waals surface area contributed by atoms with Crippen LogP contribution in [0.15, 0.2) is 18.5 Å². The molecule has 2 saturated heterocycles. The molecule has 3 rings (SSSR count). The molecular weight excluding hydrogens is 318 g/mol. The number of aryl methyl sites for hydroxylation is 1. The molecule has 23 heavy (non-hydrogen) atoms. The molecule has 1 aromatic heterocycles. The van der Waals surface area contributed by atoms with E-state index in [4.69, 9.17) is 0 Å². The van der Waals surface area contributed by atoms with E-state index in [1.807, 2.05) is 6.92 Å². The van der Waals surface area contributed by atoms with E-state index in [2.05, 4.69) is 4.98 Å². The third-order valence-electron chi connectivity index (χ3n) is 4.61. The predicted molar refractivity (Wildman–Crippen MR) is 83.6 cm³/mol. The number of hydrogen-bond donors (Lipinski definition) is 0. The van der Waals surface area contributed by atoms with Gasteiger partial charge in [-0.3, -0.25) is 14.6 Å². The molecule has 0 aliphatic carbocycles. The molecule has 2 fully saturated rings. The molecule has 1 aromatic rings. The van der Waals surface area contributed by atoms with Crippen LogP contribution in [-0.2, 0) is 14.6 Å². The summed E-state index contributed by atoms with van der Waals surface area (Å²) in [5, 5.41) is 0. The van der Waals surface area contributed by atoms with E-state index in [0.717, 1.165) is 5.56 Å². The third-order valence-corrected chi connectivity index (χ3v) is 6.31. The number of aromatic nitrogens is 1. The van der Waals surface area contributed by atoms with Crippen molar-refractivity contribution in [2.24, 2.45) is 0 Å². The predicted octanol–water partition coefficient (Wildman–Crippen LogP) is -0.140. The number of nitrogens with zero attached hydrogens (tertiary/aromatic N) is 3. The Hall–Kier alpha value is -1.96. The Morgan fingerprint density at radius 2 is 1.78 bits per heavy atom. The van der Waals surface area contributed by atoms with Gasteiger partial charge in [-0.05, 0) is 18.6 Å². The van der Waals surface area contributed by atoms with E-state index < -0.39 is 21.9 Å². The zero-order valence-electron chi connectivity index (χ0n) is 13.1. The Bertz CT molecular complexity index is 762. The zero-order valence-corrected chi connectivity index (χ0v) is 13.9. The second kappa shape index (κ2) is 5.59. The molecule has 7 nitrogen and oxygen atoms in total. The highest BCUT2D eigenvalue weighted by molar-refractivity contribution is 7.91. The number of piperazine rings is 1. The van der Waals surface area contributed by atoms with E-state index in [9.17, 15) is 18.0 Å². The van der Waals surface area contributed by atoms with Crippen LogP contribution in [0.3, 0.4) is 0 Å². The van der Waals surface area contributed by atoms with Crippen molar-refractivity contribution in [3.05, 3.63) is 29.6 Å². The lowest BCUT2D eigenvalue weighted by Gasteiger charge is -2.43. The average molecular weight is 337 g/mol. The maximum atomic E-state index is 12.8. The van der Waals surface area contributed by atoms with Crippen molar-refractivity contribution >= 4 is 21.7 Å². The number of fused-ring (bicyclic) bond motifs is 1. The second-order valence-electron chi connectivity index (χ2n) is 6.11. The first-order valence-electron chi connectivity index (χ1n) is 7.49. The van der Waals surface area contributed by atoms with Gasteiger partial charge in [-0.25, -0.2) is 8.42 Å². The topological polar surface area (TPSA) is 87.7 Å². The second-order valence-corrected chi connectivity index (χ2v) is 8.27. The lowest BCUT2D eigenvalue weighted by molar-refractivity contribution is -0.133. The number of rotatable bonds is 1. The minimum absolute atomic E-state index is 0.0763. The molecule has 2 amide bonds. The summed E-state index contributed by atoms with van der Waals surface area (Å²) < 4.78 is 24.1. The lowest BCUT2D eigenvalue weighted by atomic mass is 10.0. The van der Waals surface area contributed by atoms with Gasteiger partial charge in [0.2, 0.25) is 5.91 Å². The molecule has 2 atom stereocenters. The van der Waals surface area contributed by atoms with Gasteiger partial charge in [-0.1, -0.05) is 0 Å². The fourth-order valence-electron chi connectivity index (χ4n) is 3.44. The van der Waals surface area contributed by atoms with Crippen molar-refractivity contribution in [1.82, 2.24) is 14.8 Å². The minimum atomic E-state index is -3.26. The summed E-state index contributed by atoms with van der Waals surface area (Å²) in [4.78, 5) is 31.8. The van der Waals surface area contributed by atoms with Crippen molar-refractivity contribution in [2.75, 3.05) is 24.6 Å². The molecular formula is C15H19N3O4S. The van der Waals surface area contributed by atoms with Crippen LogP contribution in [0.4, 0.5) is 0 Å². The molecule has 3 heterocycles. The highest BCUT2D eigenvalue weighted by Gasteiger charge is 2.49. The van der Waals surface area contributed by atoms with Crippen LogP contribution in [-0.4, -0.2) is 71.7 Å². The van der Waals surface area contributed by atoms with Crippen LogP contribution in [0.5, 0.6) is 0 Å². The van der Waals surface area contributed by atoms with Crippen molar-refractivity contribution in [2.45, 2.75) is 25.9 Å². The van der Waals surface area contributed by atoms with Crippen LogP contribution < -0.4 is 0 Å². The van der Waals surface area contributed by atoms with E-state index in [1.165, 1.54) is 13.1 Å². The largest absolute Gasteiger partial charge is 0.335 e. The fraction of sp³-hybridized carbons (Fsp3) is 0.533. The first-order chi connectivity index (χ1) is 10.8. The molecule has 0 bridgehead atoms. The molecule has 2 aliphatic rings. The van der Waals surface area contributed by atoms with Crippen molar-refractivity contribution in [3.8, 4) is 0 Å². The SMILES string of the molecule is CC(=O)N1CCN(C(=O)c2cnccc2C)[C@@H]2CS(=O)(=O)C[C@@H]21. The van der Waals surface area contributed by atoms with E-state index >= 15 is 0 Å².